The van der Waals surface area contributed by atoms with E-state index in [1.165, 1.54) is 167 Å². The quantitative estimate of drug-likeness (QED) is 0.0213. The molecule has 0 aromatic carbocycles. The van der Waals surface area contributed by atoms with Gasteiger partial charge in [0.05, 0.1) is 34.4 Å². The molecule has 2 unspecified atom stereocenters. The lowest BCUT2D eigenvalue weighted by Gasteiger charge is -2.24. The summed E-state index contributed by atoms with van der Waals surface area (Å²) < 4.78 is 35.3. The van der Waals surface area contributed by atoms with Gasteiger partial charge in [-0.2, -0.15) is 0 Å². The SMILES string of the molecule is CC/C=C\C/C=C\C/C=C\C/C=C\C/C=C\C/C=C\CCCCCCCCC(=O)OC(COCCCCCCCCCCCCCCCCCCCCCCCCCCCC)COP(=O)(O)OCC[N+](C)(C)C. The fourth-order valence-electron chi connectivity index (χ4n) is 8.62. The summed E-state index contributed by atoms with van der Waals surface area (Å²) in [6.45, 7) is 5.53. The van der Waals surface area contributed by atoms with E-state index in [4.69, 9.17) is 18.5 Å². The molecule has 0 aliphatic heterocycles. The normalized spacial score (nSPS) is 13.9. The zero-order valence-corrected chi connectivity index (χ0v) is 49.5. The third kappa shape index (κ3) is 60.7. The fourth-order valence-corrected chi connectivity index (χ4v) is 9.36. The Balaban J connectivity index is 4.07. The number of unbranched alkanes of at least 4 members (excludes halogenated alkanes) is 31. The predicted octanol–water partition coefficient (Wildman–Crippen LogP) is 19.7. The number of hydrogen-bond acceptors (Lipinski definition) is 6. The number of quaternary nitrogens is 1. The lowest BCUT2D eigenvalue weighted by Crippen LogP contribution is -2.37. The van der Waals surface area contributed by atoms with Crippen molar-refractivity contribution in [3.63, 3.8) is 0 Å². The summed E-state index contributed by atoms with van der Waals surface area (Å²) in [5, 5.41) is 0. The molecule has 426 valence electrons. The van der Waals surface area contributed by atoms with E-state index < -0.39 is 13.9 Å². The molecule has 0 rings (SSSR count). The minimum atomic E-state index is -4.29. The molecule has 73 heavy (non-hydrogen) atoms. The highest BCUT2D eigenvalue weighted by Crippen LogP contribution is 2.43. The topological polar surface area (TPSA) is 91.3 Å². The van der Waals surface area contributed by atoms with Gasteiger partial charge in [0.2, 0.25) is 0 Å². The molecular weight excluding hydrogens is 926 g/mol. The van der Waals surface area contributed by atoms with Crippen LogP contribution in [0.25, 0.3) is 0 Å². The van der Waals surface area contributed by atoms with Gasteiger partial charge >= 0.3 is 13.8 Å². The first-order valence-electron chi connectivity index (χ1n) is 30.7. The first kappa shape index (κ1) is 70.9. The van der Waals surface area contributed by atoms with Gasteiger partial charge in [-0.1, -0.05) is 273 Å². The number of likely N-dealkylation sites (N-methyl/N-ethyl adjacent to an activating group) is 1. The van der Waals surface area contributed by atoms with Crippen molar-refractivity contribution in [3.8, 4) is 0 Å². The average Bonchev–Trinajstić information content (AvgIpc) is 3.35. The van der Waals surface area contributed by atoms with Crippen LogP contribution in [-0.4, -0.2) is 75.6 Å². The molecule has 9 heteroatoms. The number of ether oxygens (including phenoxy) is 2. The van der Waals surface area contributed by atoms with Gasteiger partial charge in [-0.3, -0.25) is 13.8 Å². The summed E-state index contributed by atoms with van der Waals surface area (Å²) >= 11 is 0. The van der Waals surface area contributed by atoms with E-state index in [1.54, 1.807) is 0 Å². The number of phosphoric acid groups is 1. The monoisotopic (exact) mass is 1040 g/mol. The predicted molar refractivity (Wildman–Crippen MR) is 316 cm³/mol. The number of carbonyl (C=O) groups excluding carboxylic acids is 1. The summed E-state index contributed by atoms with van der Waals surface area (Å²) in [5.41, 5.74) is 0. The maximum absolute atomic E-state index is 12.8. The van der Waals surface area contributed by atoms with Crippen LogP contribution in [0.1, 0.15) is 271 Å². The molecule has 0 aromatic rings. The van der Waals surface area contributed by atoms with E-state index in [1.807, 2.05) is 21.1 Å². The zero-order valence-electron chi connectivity index (χ0n) is 48.6. The molecule has 0 spiro atoms. The first-order valence-corrected chi connectivity index (χ1v) is 32.2. The number of hydrogen-bond donors (Lipinski definition) is 1. The molecule has 0 aromatic heterocycles. The van der Waals surface area contributed by atoms with Crippen LogP contribution in [0, 0.1) is 0 Å². The molecule has 0 saturated carbocycles. The van der Waals surface area contributed by atoms with E-state index in [0.29, 0.717) is 24.1 Å². The van der Waals surface area contributed by atoms with E-state index in [-0.39, 0.29) is 25.8 Å². The maximum Gasteiger partial charge on any atom is 0.472 e. The lowest BCUT2D eigenvalue weighted by atomic mass is 10.0. The molecule has 0 amide bonds. The van der Waals surface area contributed by atoms with E-state index in [0.717, 1.165) is 83.5 Å². The second kappa shape index (κ2) is 56.2. The number of nitrogens with zero attached hydrogens (tertiary/aromatic N) is 1. The van der Waals surface area contributed by atoms with Crippen LogP contribution in [0.2, 0.25) is 0 Å². The summed E-state index contributed by atoms with van der Waals surface area (Å²) in [5.74, 6) is -0.325. The number of rotatable bonds is 57. The Bertz CT molecular complexity index is 1400. The summed E-state index contributed by atoms with van der Waals surface area (Å²) in [6.07, 6.45) is 75.5. The van der Waals surface area contributed by atoms with E-state index in [9.17, 15) is 14.3 Å². The molecule has 0 aliphatic carbocycles. The molecule has 0 aliphatic rings. The second-order valence-electron chi connectivity index (χ2n) is 21.7. The number of esters is 1. The molecule has 0 heterocycles. The molecule has 0 radical (unpaired) electrons. The van der Waals surface area contributed by atoms with Crippen LogP contribution in [0.3, 0.4) is 0 Å². The number of allylic oxidation sites excluding steroid dienone is 12. The van der Waals surface area contributed by atoms with Crippen molar-refractivity contribution in [2.24, 2.45) is 0 Å². The highest BCUT2D eigenvalue weighted by Gasteiger charge is 2.26. The van der Waals surface area contributed by atoms with Gasteiger partial charge in [-0.25, -0.2) is 4.57 Å². The molecule has 0 saturated heterocycles. The van der Waals surface area contributed by atoms with E-state index >= 15 is 0 Å². The molecule has 0 bridgehead atoms. The van der Waals surface area contributed by atoms with Crippen LogP contribution in [0.4, 0.5) is 0 Å². The Labute approximate surface area is 453 Å². The van der Waals surface area contributed by atoms with Gasteiger partial charge in [-0.05, 0) is 64.2 Å². The van der Waals surface area contributed by atoms with Gasteiger partial charge in [-0.15, -0.1) is 0 Å². The molecule has 0 fully saturated rings. The van der Waals surface area contributed by atoms with Crippen molar-refractivity contribution in [3.05, 3.63) is 72.9 Å². The van der Waals surface area contributed by atoms with Crippen LogP contribution in [0.5, 0.6) is 0 Å². The number of phosphoric ester groups is 1. The lowest BCUT2D eigenvalue weighted by molar-refractivity contribution is -0.870. The Kier molecular flexibility index (Phi) is 54.6. The van der Waals surface area contributed by atoms with Gasteiger partial charge in [0.1, 0.15) is 19.3 Å². The Morgan fingerprint density at radius 1 is 0.438 bits per heavy atom. The van der Waals surface area contributed by atoms with Gasteiger partial charge in [0.15, 0.2) is 0 Å². The van der Waals surface area contributed by atoms with Gasteiger partial charge in [0.25, 0.3) is 0 Å². The maximum atomic E-state index is 12.8. The summed E-state index contributed by atoms with van der Waals surface area (Å²) in [7, 11) is 1.66. The number of carbonyl (C=O) groups is 1. The van der Waals surface area contributed by atoms with Crippen LogP contribution in [-0.2, 0) is 27.9 Å². The largest absolute Gasteiger partial charge is 0.472 e. The first-order chi connectivity index (χ1) is 35.6. The molecule has 8 nitrogen and oxygen atoms in total. The highest BCUT2D eigenvalue weighted by molar-refractivity contribution is 7.47. The van der Waals surface area contributed by atoms with Crippen molar-refractivity contribution in [2.45, 2.75) is 277 Å². The van der Waals surface area contributed by atoms with Crippen LogP contribution in [0.15, 0.2) is 72.9 Å². The third-order valence-electron chi connectivity index (χ3n) is 13.3. The second-order valence-corrected chi connectivity index (χ2v) is 23.2. The van der Waals surface area contributed by atoms with Crippen LogP contribution >= 0.6 is 7.82 Å². The average molecular weight is 1050 g/mol. The smallest absolute Gasteiger partial charge is 0.457 e. The highest BCUT2D eigenvalue weighted by atomic mass is 31.2. The van der Waals surface area contributed by atoms with Crippen molar-refractivity contribution >= 4 is 13.8 Å². The molecular formula is C64H119NO7P+. The van der Waals surface area contributed by atoms with Gasteiger partial charge < -0.3 is 18.9 Å². The summed E-state index contributed by atoms with van der Waals surface area (Å²) in [6, 6.07) is 0. The minimum absolute atomic E-state index is 0.0837. The minimum Gasteiger partial charge on any atom is -0.457 e. The van der Waals surface area contributed by atoms with Crippen molar-refractivity contribution in [1.29, 1.82) is 0 Å². The Morgan fingerprint density at radius 2 is 0.795 bits per heavy atom. The molecule has 2 atom stereocenters. The molecule has 1 N–H and O–H groups in total. The zero-order chi connectivity index (χ0) is 53.3. The van der Waals surface area contributed by atoms with Gasteiger partial charge in [0, 0.05) is 13.0 Å². The van der Waals surface area contributed by atoms with Crippen molar-refractivity contribution in [2.75, 3.05) is 54.1 Å². The van der Waals surface area contributed by atoms with Crippen molar-refractivity contribution in [1.82, 2.24) is 0 Å². The third-order valence-corrected chi connectivity index (χ3v) is 14.3. The van der Waals surface area contributed by atoms with E-state index in [2.05, 4.69) is 86.8 Å². The Morgan fingerprint density at radius 3 is 1.19 bits per heavy atom. The van der Waals surface area contributed by atoms with Crippen LogP contribution < -0.4 is 0 Å². The van der Waals surface area contributed by atoms with Crippen molar-refractivity contribution < 1.29 is 37.3 Å². The Hall–Kier alpha value is -2.06. The summed E-state index contributed by atoms with van der Waals surface area (Å²) in [4.78, 5) is 23.1. The fraction of sp³-hybridized carbons (Fsp3) is 0.797. The standard InChI is InChI=1S/C64H118NO7P/c1-6-8-10-12-14-16-18-20-22-24-26-28-30-32-34-36-38-40-42-44-46-48-50-52-54-56-59-69-61-63(62-71-73(67,68)70-60-58-65(3,4)5)72-64(66)57-55-53-51-49-47-45-43-41-39-37-35-33-31-29-27-25-23-21-19-17-15-13-11-9-7-2/h9,11,15,17,21,23,27,29,33,35,39,41,63H,6-8,10,12-14,16,18-20,22,24-26,28,30-32,34,36-38,40,42-62H2,1-5H3/p+1/b11-9-,17-15-,23-21-,29-27-,35-33-,41-39-.